The second kappa shape index (κ2) is 4.34. The summed E-state index contributed by atoms with van der Waals surface area (Å²) in [6.07, 6.45) is -3.26. The second-order valence-electron chi connectivity index (χ2n) is 3.92. The van der Waals surface area contributed by atoms with Crippen LogP contribution in [0.15, 0.2) is 18.3 Å². The molecule has 8 heteroatoms. The van der Waals surface area contributed by atoms with E-state index in [-0.39, 0.29) is 22.0 Å². The van der Waals surface area contributed by atoms with Gasteiger partial charge in [0.2, 0.25) is 0 Å². The first-order chi connectivity index (χ1) is 8.71. The molecule has 3 N–H and O–H groups in total. The molecule has 0 bridgehead atoms. The molecule has 19 heavy (non-hydrogen) atoms. The molecule has 102 valence electrons. The van der Waals surface area contributed by atoms with Gasteiger partial charge < -0.3 is 10.8 Å². The van der Waals surface area contributed by atoms with Crippen molar-refractivity contribution < 1.29 is 18.3 Å². The molecule has 4 nitrogen and oxygen atoms in total. The first kappa shape index (κ1) is 13.5. The summed E-state index contributed by atoms with van der Waals surface area (Å²) in [7, 11) is 1.56. The fourth-order valence-corrected chi connectivity index (χ4v) is 1.98. The normalized spacial score (nSPS) is 11.8. The van der Waals surface area contributed by atoms with Crippen LogP contribution < -0.4 is 5.73 Å². The number of benzene rings is 1. The minimum absolute atomic E-state index is 0.0280. The van der Waals surface area contributed by atoms with Crippen molar-refractivity contribution in [3.63, 3.8) is 0 Å². The van der Waals surface area contributed by atoms with Gasteiger partial charge in [-0.25, -0.2) is 0 Å². The van der Waals surface area contributed by atoms with E-state index >= 15 is 0 Å². The lowest BCUT2D eigenvalue weighted by atomic mass is 10.0. The summed E-state index contributed by atoms with van der Waals surface area (Å²) >= 11 is 5.80. The third-order valence-electron chi connectivity index (χ3n) is 2.65. The van der Waals surface area contributed by atoms with E-state index in [4.69, 9.17) is 17.3 Å². The van der Waals surface area contributed by atoms with Gasteiger partial charge in [0.15, 0.2) is 0 Å². The standard InChI is InChI=1S/C11H9ClF3N3O/c1-18-10(16)6(4-17-18)9-7(12)2-5(3-8(9)19)11(13,14)15/h2-4,19H,16H2,1H3. The molecule has 1 heterocycles. The van der Waals surface area contributed by atoms with Gasteiger partial charge in [-0.3, -0.25) is 4.68 Å². The Hall–Kier alpha value is -1.89. The summed E-state index contributed by atoms with van der Waals surface area (Å²) in [6, 6.07) is 1.34. The van der Waals surface area contributed by atoms with Gasteiger partial charge in [-0.15, -0.1) is 0 Å². The summed E-state index contributed by atoms with van der Waals surface area (Å²) in [5, 5.41) is 13.3. The molecule has 0 radical (unpaired) electrons. The van der Waals surface area contributed by atoms with Gasteiger partial charge in [0.05, 0.1) is 16.8 Å². The highest BCUT2D eigenvalue weighted by Crippen LogP contribution is 2.42. The number of phenols is 1. The number of nitrogens with two attached hydrogens (primary N) is 1. The number of phenolic OH excluding ortho intramolecular Hbond substituents is 1. The lowest BCUT2D eigenvalue weighted by molar-refractivity contribution is -0.137. The Labute approximate surface area is 111 Å². The second-order valence-corrected chi connectivity index (χ2v) is 4.32. The van der Waals surface area contributed by atoms with E-state index in [1.165, 1.54) is 10.9 Å². The van der Waals surface area contributed by atoms with E-state index < -0.39 is 17.5 Å². The number of alkyl halides is 3. The summed E-state index contributed by atoms with van der Waals surface area (Å²) in [4.78, 5) is 0. The van der Waals surface area contributed by atoms with Gasteiger partial charge in [0.1, 0.15) is 11.6 Å². The number of aryl methyl sites for hydroxylation is 1. The average molecular weight is 292 g/mol. The Morgan fingerprint density at radius 2 is 2.00 bits per heavy atom. The molecule has 0 aliphatic rings. The van der Waals surface area contributed by atoms with Crippen molar-refractivity contribution in [1.29, 1.82) is 0 Å². The molecule has 2 rings (SSSR count). The number of hydrogen-bond donors (Lipinski definition) is 2. The van der Waals surface area contributed by atoms with Crippen molar-refractivity contribution in [3.8, 4) is 16.9 Å². The molecule has 2 aromatic rings. The number of aromatic nitrogens is 2. The molecule has 0 saturated carbocycles. The van der Waals surface area contributed by atoms with Crippen LogP contribution >= 0.6 is 11.6 Å². The molecule has 0 aliphatic carbocycles. The van der Waals surface area contributed by atoms with Crippen molar-refractivity contribution in [1.82, 2.24) is 9.78 Å². The lowest BCUT2D eigenvalue weighted by Gasteiger charge is -2.12. The third kappa shape index (κ3) is 2.33. The summed E-state index contributed by atoms with van der Waals surface area (Å²) < 4.78 is 39.0. The summed E-state index contributed by atoms with van der Waals surface area (Å²) in [5.74, 6) is -0.406. The third-order valence-corrected chi connectivity index (χ3v) is 2.95. The summed E-state index contributed by atoms with van der Waals surface area (Å²) in [6.45, 7) is 0. The largest absolute Gasteiger partial charge is 0.507 e. The van der Waals surface area contributed by atoms with Crippen LogP contribution in [0, 0.1) is 0 Å². The number of aromatic hydroxyl groups is 1. The van der Waals surface area contributed by atoms with Gasteiger partial charge >= 0.3 is 6.18 Å². The topological polar surface area (TPSA) is 64.1 Å². The van der Waals surface area contributed by atoms with Gasteiger partial charge in [-0.1, -0.05) is 11.6 Å². The number of nitrogen functional groups attached to an aromatic ring is 1. The molecule has 0 atom stereocenters. The molecular weight excluding hydrogens is 283 g/mol. The number of halogens is 4. The van der Waals surface area contributed by atoms with Crippen LogP contribution in [-0.2, 0) is 13.2 Å². The van der Waals surface area contributed by atoms with Crippen molar-refractivity contribution >= 4 is 17.4 Å². The predicted molar refractivity (Wildman–Crippen MR) is 64.7 cm³/mol. The minimum atomic E-state index is -4.58. The monoisotopic (exact) mass is 291 g/mol. The van der Waals surface area contributed by atoms with E-state index in [2.05, 4.69) is 5.10 Å². The van der Waals surface area contributed by atoms with Crippen LogP contribution in [0.2, 0.25) is 5.02 Å². The van der Waals surface area contributed by atoms with Crippen LogP contribution in [0.5, 0.6) is 5.75 Å². The van der Waals surface area contributed by atoms with E-state index in [0.717, 1.165) is 6.07 Å². The van der Waals surface area contributed by atoms with E-state index in [1.807, 2.05) is 0 Å². The Morgan fingerprint density at radius 1 is 1.37 bits per heavy atom. The van der Waals surface area contributed by atoms with Crippen LogP contribution in [0.3, 0.4) is 0 Å². The quantitative estimate of drug-likeness (QED) is 0.849. The SMILES string of the molecule is Cn1ncc(-c2c(O)cc(C(F)(F)F)cc2Cl)c1N. The van der Waals surface area contributed by atoms with Crippen molar-refractivity contribution in [2.45, 2.75) is 6.18 Å². The van der Waals surface area contributed by atoms with Crippen LogP contribution in [0.25, 0.3) is 11.1 Å². The zero-order valence-electron chi connectivity index (χ0n) is 9.66. The average Bonchev–Trinajstić information content (AvgIpc) is 2.59. The number of rotatable bonds is 1. The molecule has 0 spiro atoms. The molecule has 0 amide bonds. The predicted octanol–water partition coefficient (Wildman–Crippen LogP) is 3.05. The minimum Gasteiger partial charge on any atom is -0.507 e. The van der Waals surface area contributed by atoms with Crippen molar-refractivity contribution in [2.75, 3.05) is 5.73 Å². The van der Waals surface area contributed by atoms with Crippen LogP contribution in [0.1, 0.15) is 5.56 Å². The number of hydrogen-bond acceptors (Lipinski definition) is 3. The zero-order chi connectivity index (χ0) is 14.4. The smallest absolute Gasteiger partial charge is 0.416 e. The maximum atomic E-state index is 12.6. The summed E-state index contributed by atoms with van der Waals surface area (Å²) in [5.41, 5.74) is 4.98. The maximum Gasteiger partial charge on any atom is 0.416 e. The molecular formula is C11H9ClF3N3O. The Morgan fingerprint density at radius 3 is 2.42 bits per heavy atom. The molecule has 0 saturated heterocycles. The van der Waals surface area contributed by atoms with E-state index in [0.29, 0.717) is 6.07 Å². The van der Waals surface area contributed by atoms with Gasteiger partial charge in [-0.2, -0.15) is 18.3 Å². The molecule has 1 aromatic heterocycles. The fraction of sp³-hybridized carbons (Fsp3) is 0.182. The van der Waals surface area contributed by atoms with Crippen molar-refractivity contribution in [3.05, 3.63) is 28.9 Å². The molecule has 0 aliphatic heterocycles. The Balaban J connectivity index is 2.64. The fourth-order valence-electron chi connectivity index (χ4n) is 1.66. The lowest BCUT2D eigenvalue weighted by Crippen LogP contribution is -2.05. The van der Waals surface area contributed by atoms with Gasteiger partial charge in [0.25, 0.3) is 0 Å². The highest BCUT2D eigenvalue weighted by Gasteiger charge is 2.32. The van der Waals surface area contributed by atoms with Crippen LogP contribution in [-0.4, -0.2) is 14.9 Å². The first-order valence-electron chi connectivity index (χ1n) is 5.09. The van der Waals surface area contributed by atoms with E-state index in [1.54, 1.807) is 7.05 Å². The molecule has 0 fully saturated rings. The van der Waals surface area contributed by atoms with Crippen LogP contribution in [0.4, 0.5) is 19.0 Å². The molecule has 1 aromatic carbocycles. The zero-order valence-corrected chi connectivity index (χ0v) is 10.4. The molecule has 0 unspecified atom stereocenters. The Kier molecular flexibility index (Phi) is 3.09. The first-order valence-corrected chi connectivity index (χ1v) is 5.47. The highest BCUT2D eigenvalue weighted by atomic mass is 35.5. The highest BCUT2D eigenvalue weighted by molar-refractivity contribution is 6.34. The Bertz CT molecular complexity index is 614. The number of anilines is 1. The van der Waals surface area contributed by atoms with Gasteiger partial charge in [0, 0.05) is 18.2 Å². The number of nitrogens with zero attached hydrogens (tertiary/aromatic N) is 2. The van der Waals surface area contributed by atoms with Crippen molar-refractivity contribution in [2.24, 2.45) is 7.05 Å². The van der Waals surface area contributed by atoms with E-state index in [9.17, 15) is 18.3 Å². The maximum absolute atomic E-state index is 12.6. The van der Waals surface area contributed by atoms with Gasteiger partial charge in [-0.05, 0) is 12.1 Å².